The maximum absolute atomic E-state index is 11.2. The fourth-order valence-corrected chi connectivity index (χ4v) is 1.29. The van der Waals surface area contributed by atoms with Crippen LogP contribution in [0.2, 0.25) is 0 Å². The third-order valence-electron chi connectivity index (χ3n) is 2.15. The smallest absolute Gasteiger partial charge is 0.245 e. The normalized spacial score (nSPS) is 9.86. The van der Waals surface area contributed by atoms with Crippen molar-refractivity contribution in [2.45, 2.75) is 20.0 Å². The lowest BCUT2D eigenvalue weighted by Gasteiger charge is -2.13. The minimum absolute atomic E-state index is 0.0470. The van der Waals surface area contributed by atoms with Crippen LogP contribution >= 0.6 is 0 Å². The zero-order chi connectivity index (χ0) is 10.6. The van der Waals surface area contributed by atoms with Crippen molar-refractivity contribution in [2.75, 3.05) is 7.05 Å². The number of nitrogens with zero attached hydrogens (tertiary/aromatic N) is 2. The maximum atomic E-state index is 11.2. The molecule has 0 aliphatic heterocycles. The van der Waals surface area contributed by atoms with Crippen molar-refractivity contribution in [3.05, 3.63) is 36.7 Å². The monoisotopic (exact) mass is 192 g/mol. The molecule has 0 unspecified atom stereocenters. The molecule has 1 heterocycles. The van der Waals surface area contributed by atoms with Crippen molar-refractivity contribution in [1.29, 1.82) is 0 Å². The zero-order valence-corrected chi connectivity index (χ0v) is 8.73. The predicted octanol–water partition coefficient (Wildman–Crippen LogP) is 1.65. The van der Waals surface area contributed by atoms with E-state index in [1.807, 2.05) is 18.5 Å². The van der Waals surface area contributed by atoms with Gasteiger partial charge in [0.2, 0.25) is 5.91 Å². The van der Waals surface area contributed by atoms with Gasteiger partial charge in [0.1, 0.15) is 0 Å². The van der Waals surface area contributed by atoms with Crippen LogP contribution in [0.25, 0.3) is 0 Å². The highest BCUT2D eigenvalue weighted by Crippen LogP contribution is 2.04. The van der Waals surface area contributed by atoms with Gasteiger partial charge in [-0.1, -0.05) is 6.58 Å². The highest BCUT2D eigenvalue weighted by atomic mass is 16.2. The second-order valence-electron chi connectivity index (χ2n) is 3.25. The average molecular weight is 192 g/mol. The summed E-state index contributed by atoms with van der Waals surface area (Å²) >= 11 is 0. The molecule has 1 rings (SSSR count). The minimum Gasteiger partial charge on any atom is -0.354 e. The Labute approximate surface area is 84.6 Å². The number of carbonyl (C=O) groups excluding carboxylic acids is 1. The lowest BCUT2D eigenvalue weighted by atomic mass is 10.3. The summed E-state index contributed by atoms with van der Waals surface area (Å²) in [7, 11) is 1.77. The first kappa shape index (κ1) is 10.6. The van der Waals surface area contributed by atoms with E-state index in [1.54, 1.807) is 11.9 Å². The molecule has 1 aromatic rings. The van der Waals surface area contributed by atoms with Gasteiger partial charge in [-0.3, -0.25) is 4.79 Å². The van der Waals surface area contributed by atoms with Crippen LogP contribution in [0, 0.1) is 0 Å². The first-order valence-corrected chi connectivity index (χ1v) is 4.69. The molecule has 0 spiro atoms. The van der Waals surface area contributed by atoms with Crippen LogP contribution in [0.4, 0.5) is 0 Å². The first-order valence-electron chi connectivity index (χ1n) is 4.69. The number of amides is 1. The number of hydrogen-bond acceptors (Lipinski definition) is 1. The summed E-state index contributed by atoms with van der Waals surface area (Å²) in [5.41, 5.74) is 1.14. The average Bonchev–Trinajstić information content (AvgIpc) is 2.64. The third-order valence-corrected chi connectivity index (χ3v) is 2.15. The molecular weight excluding hydrogens is 176 g/mol. The molecular formula is C11H16N2O. The van der Waals surface area contributed by atoms with Gasteiger partial charge >= 0.3 is 0 Å². The number of hydrogen-bond donors (Lipinski definition) is 0. The molecule has 0 radical (unpaired) electrons. The molecule has 76 valence electrons. The molecule has 14 heavy (non-hydrogen) atoms. The minimum atomic E-state index is -0.0470. The SMILES string of the molecule is C=CC(=O)N(C)Cc1ccn(CC)c1. The fraction of sp³-hybridized carbons (Fsp3) is 0.364. The lowest BCUT2D eigenvalue weighted by molar-refractivity contribution is -0.125. The van der Waals surface area contributed by atoms with Gasteiger partial charge in [0.15, 0.2) is 0 Å². The maximum Gasteiger partial charge on any atom is 0.245 e. The van der Waals surface area contributed by atoms with E-state index in [9.17, 15) is 4.79 Å². The first-order chi connectivity index (χ1) is 6.67. The Morgan fingerprint density at radius 3 is 2.93 bits per heavy atom. The van der Waals surface area contributed by atoms with E-state index in [4.69, 9.17) is 0 Å². The van der Waals surface area contributed by atoms with Crippen LogP contribution in [0.1, 0.15) is 12.5 Å². The predicted molar refractivity (Wildman–Crippen MR) is 56.8 cm³/mol. The van der Waals surface area contributed by atoms with Gasteiger partial charge in [-0.05, 0) is 24.6 Å². The Bertz CT molecular complexity index is 328. The Hall–Kier alpha value is -1.51. The van der Waals surface area contributed by atoms with Crippen LogP contribution in [-0.4, -0.2) is 22.4 Å². The molecule has 0 aromatic carbocycles. The van der Waals surface area contributed by atoms with Crippen molar-refractivity contribution >= 4 is 5.91 Å². The summed E-state index contributed by atoms with van der Waals surface area (Å²) in [5, 5.41) is 0. The topological polar surface area (TPSA) is 25.2 Å². The van der Waals surface area contributed by atoms with Crippen molar-refractivity contribution < 1.29 is 4.79 Å². The van der Waals surface area contributed by atoms with Gasteiger partial charge in [-0.15, -0.1) is 0 Å². The summed E-state index contributed by atoms with van der Waals surface area (Å²) in [6.45, 7) is 7.13. The second kappa shape index (κ2) is 4.65. The van der Waals surface area contributed by atoms with E-state index in [2.05, 4.69) is 18.1 Å². The van der Waals surface area contributed by atoms with E-state index in [-0.39, 0.29) is 5.91 Å². The molecule has 0 bridgehead atoms. The molecule has 3 heteroatoms. The zero-order valence-electron chi connectivity index (χ0n) is 8.73. The van der Waals surface area contributed by atoms with E-state index >= 15 is 0 Å². The molecule has 0 aliphatic rings. The molecule has 3 nitrogen and oxygen atoms in total. The Balaban J connectivity index is 2.59. The van der Waals surface area contributed by atoms with Gasteiger partial charge in [-0.25, -0.2) is 0 Å². The van der Waals surface area contributed by atoms with E-state index in [0.717, 1.165) is 12.1 Å². The Morgan fingerprint density at radius 1 is 1.71 bits per heavy atom. The summed E-state index contributed by atoms with van der Waals surface area (Å²) in [6, 6.07) is 2.02. The summed E-state index contributed by atoms with van der Waals surface area (Å²) < 4.78 is 2.08. The van der Waals surface area contributed by atoms with Crippen molar-refractivity contribution in [3.8, 4) is 0 Å². The van der Waals surface area contributed by atoms with Gasteiger partial charge < -0.3 is 9.47 Å². The summed E-state index contributed by atoms with van der Waals surface area (Å²) in [4.78, 5) is 12.8. The summed E-state index contributed by atoms with van der Waals surface area (Å²) in [5.74, 6) is -0.0470. The highest BCUT2D eigenvalue weighted by molar-refractivity contribution is 5.86. The van der Waals surface area contributed by atoms with E-state index in [1.165, 1.54) is 6.08 Å². The van der Waals surface area contributed by atoms with Gasteiger partial charge in [-0.2, -0.15) is 0 Å². The van der Waals surface area contributed by atoms with Gasteiger partial charge in [0, 0.05) is 32.5 Å². The molecule has 0 saturated heterocycles. The van der Waals surface area contributed by atoms with Crippen LogP contribution < -0.4 is 0 Å². The van der Waals surface area contributed by atoms with Crippen LogP contribution in [-0.2, 0) is 17.9 Å². The molecule has 0 fully saturated rings. The summed E-state index contributed by atoms with van der Waals surface area (Å²) in [6.07, 6.45) is 5.39. The standard InChI is InChI=1S/C11H16N2O/c1-4-11(14)12(3)8-10-6-7-13(5-2)9-10/h4,6-7,9H,1,5,8H2,2-3H3. The number of aromatic nitrogens is 1. The van der Waals surface area contributed by atoms with Gasteiger partial charge in [0.25, 0.3) is 0 Å². The molecule has 0 atom stereocenters. The van der Waals surface area contributed by atoms with E-state index in [0.29, 0.717) is 6.54 Å². The number of likely N-dealkylation sites (N-methyl/N-ethyl adjacent to an activating group) is 1. The van der Waals surface area contributed by atoms with Crippen molar-refractivity contribution in [2.24, 2.45) is 0 Å². The van der Waals surface area contributed by atoms with Crippen molar-refractivity contribution in [3.63, 3.8) is 0 Å². The molecule has 1 aromatic heterocycles. The fourth-order valence-electron chi connectivity index (χ4n) is 1.29. The number of rotatable bonds is 4. The largest absolute Gasteiger partial charge is 0.354 e. The van der Waals surface area contributed by atoms with E-state index < -0.39 is 0 Å². The Kier molecular flexibility index (Phi) is 3.51. The van der Waals surface area contributed by atoms with Gasteiger partial charge in [0.05, 0.1) is 0 Å². The lowest BCUT2D eigenvalue weighted by Crippen LogP contribution is -2.23. The van der Waals surface area contributed by atoms with Crippen LogP contribution in [0.5, 0.6) is 0 Å². The quantitative estimate of drug-likeness (QED) is 0.666. The highest BCUT2D eigenvalue weighted by Gasteiger charge is 2.05. The van der Waals surface area contributed by atoms with Crippen molar-refractivity contribution in [1.82, 2.24) is 9.47 Å². The number of aryl methyl sites for hydroxylation is 1. The van der Waals surface area contributed by atoms with Crippen LogP contribution in [0.3, 0.4) is 0 Å². The molecule has 1 amide bonds. The Morgan fingerprint density at radius 2 is 2.43 bits per heavy atom. The molecule has 0 N–H and O–H groups in total. The second-order valence-corrected chi connectivity index (χ2v) is 3.25. The number of carbonyl (C=O) groups is 1. The molecule has 0 saturated carbocycles. The third kappa shape index (κ3) is 2.49. The van der Waals surface area contributed by atoms with Crippen LogP contribution in [0.15, 0.2) is 31.1 Å². The molecule has 0 aliphatic carbocycles.